The lowest BCUT2D eigenvalue weighted by atomic mass is 9.95. The van der Waals surface area contributed by atoms with Gasteiger partial charge in [0.1, 0.15) is 17.2 Å². The number of nitrogens with two attached hydrogens (primary N) is 1. The van der Waals surface area contributed by atoms with E-state index in [2.05, 4.69) is 69.0 Å². The summed E-state index contributed by atoms with van der Waals surface area (Å²) in [6.07, 6.45) is 6.24. The highest BCUT2D eigenvalue weighted by Crippen LogP contribution is 2.33. The van der Waals surface area contributed by atoms with E-state index >= 15 is 0 Å². The van der Waals surface area contributed by atoms with Crippen molar-refractivity contribution in [1.82, 2.24) is 34.2 Å². The first-order chi connectivity index (χ1) is 42.0. The number of carbonyl (C=O) groups is 5. The molecule has 3 amide bonds. The minimum Gasteiger partial charge on any atom is -0.465 e. The fourth-order valence-electron chi connectivity index (χ4n) is 12.2. The van der Waals surface area contributed by atoms with Crippen molar-refractivity contribution in [3.63, 3.8) is 0 Å². The molecule has 2 aliphatic rings. The summed E-state index contributed by atoms with van der Waals surface area (Å²) in [7, 11) is 6.13. The zero-order chi connectivity index (χ0) is 61.6. The van der Waals surface area contributed by atoms with E-state index in [1.165, 1.54) is 25.0 Å². The summed E-state index contributed by atoms with van der Waals surface area (Å²) in [4.78, 5) is 78.5. The maximum absolute atomic E-state index is 13.9. The molecule has 18 heteroatoms. The minimum absolute atomic E-state index is 0.0157. The Labute approximate surface area is 509 Å². The molecule has 4 heterocycles. The number of fused-ring (bicyclic) bond motifs is 4. The number of rotatable bonds is 21. The van der Waals surface area contributed by atoms with Gasteiger partial charge in [-0.05, 0) is 141 Å². The van der Waals surface area contributed by atoms with Crippen LogP contribution in [0.15, 0.2) is 121 Å². The second kappa shape index (κ2) is 29.5. The molecule has 6 aromatic carbocycles. The summed E-state index contributed by atoms with van der Waals surface area (Å²) < 4.78 is 30.4. The van der Waals surface area contributed by atoms with E-state index in [0.717, 1.165) is 101 Å². The number of esters is 2. The molecular weight excluding hydrogens is 1100 g/mol. The van der Waals surface area contributed by atoms with E-state index in [4.69, 9.17) is 39.4 Å². The van der Waals surface area contributed by atoms with Crippen molar-refractivity contribution in [3.05, 3.63) is 155 Å². The van der Waals surface area contributed by atoms with Crippen LogP contribution in [0, 0.1) is 0 Å². The quantitative estimate of drug-likeness (QED) is 0.0390. The summed E-state index contributed by atoms with van der Waals surface area (Å²) >= 11 is 0. The van der Waals surface area contributed by atoms with E-state index in [1.807, 2.05) is 85.2 Å². The van der Waals surface area contributed by atoms with Crippen molar-refractivity contribution in [2.45, 2.75) is 128 Å². The van der Waals surface area contributed by atoms with Crippen molar-refractivity contribution < 1.29 is 47.7 Å². The lowest BCUT2D eigenvalue weighted by Gasteiger charge is -2.34. The molecule has 10 rings (SSSR count). The number of imidazole rings is 2. The van der Waals surface area contributed by atoms with Gasteiger partial charge in [0.05, 0.1) is 47.4 Å². The van der Waals surface area contributed by atoms with Crippen molar-refractivity contribution in [1.29, 1.82) is 0 Å². The van der Waals surface area contributed by atoms with E-state index in [9.17, 15) is 24.0 Å². The Morgan fingerprint density at radius 1 is 0.586 bits per heavy atom. The van der Waals surface area contributed by atoms with Crippen LogP contribution in [0.4, 0.5) is 4.79 Å². The Morgan fingerprint density at radius 2 is 1.05 bits per heavy atom. The number of aryl methyl sites for hydroxylation is 2. The summed E-state index contributed by atoms with van der Waals surface area (Å²) in [5.41, 5.74) is 12.4. The highest BCUT2D eigenvalue weighted by molar-refractivity contribution is 5.95. The third-order valence-corrected chi connectivity index (χ3v) is 16.3. The number of nitrogens with one attached hydrogen (secondary N) is 1. The normalized spacial score (nSPS) is 16.1. The van der Waals surface area contributed by atoms with Crippen LogP contribution < -0.4 is 11.1 Å². The first kappa shape index (κ1) is 63.3. The van der Waals surface area contributed by atoms with Gasteiger partial charge in [-0.3, -0.25) is 9.59 Å². The third kappa shape index (κ3) is 16.5. The number of alkyl carbamates (subject to hydrolysis) is 1. The predicted octanol–water partition coefficient (Wildman–Crippen LogP) is 10.9. The van der Waals surface area contributed by atoms with Crippen LogP contribution in [-0.2, 0) is 59.2 Å². The van der Waals surface area contributed by atoms with Crippen molar-refractivity contribution >= 4 is 73.5 Å². The standard InChI is InChI=1S/C37H46N4O6.C32H38N4O4/c1-37(2,3)47-36(44)38-30(21-25-13-14-26-10-6-7-11-27(26)20-25)23-33(42)40-17-8-12-29(24-40)34-39-31-16-15-28(35(43)46-5)22-32(31)41(34)18-9-19-45-4;1-39-16-6-15-36-29-19-25(32(38)40-2)12-13-28(29)34-31(36)26-9-5-14-35(21-26)30(37)20-27(33)18-22-10-11-23-7-3-4-8-24(23)17-22/h6-7,10-11,13-16,20,22,29-30H,8-9,12,17-19,21,23-24H2,1-5H3,(H,38,44);3-4,7-8,10-13,17,19,26-27H,5-6,9,14-16,18,20-21,33H2,1-2H3/t29?,30-;26?,27-/m11/s1. The Kier molecular flexibility index (Phi) is 21.4. The number of piperidine rings is 2. The molecule has 460 valence electrons. The second-order valence-corrected chi connectivity index (χ2v) is 24.0. The van der Waals surface area contributed by atoms with Gasteiger partial charge in [-0.25, -0.2) is 24.4 Å². The van der Waals surface area contributed by atoms with Gasteiger partial charge in [0.2, 0.25) is 11.8 Å². The maximum atomic E-state index is 13.9. The number of amides is 3. The van der Waals surface area contributed by atoms with Crippen molar-refractivity contribution in [2.24, 2.45) is 5.73 Å². The van der Waals surface area contributed by atoms with Crippen LogP contribution in [0.1, 0.15) is 127 Å². The number of benzene rings is 6. The molecular formula is C69H84N8O10. The van der Waals surface area contributed by atoms with Crippen molar-refractivity contribution in [3.8, 4) is 0 Å². The van der Waals surface area contributed by atoms with Gasteiger partial charge in [0.25, 0.3) is 0 Å². The Balaban J connectivity index is 0.000000210. The SMILES string of the molecule is COCCCn1c(C2CCCN(C(=O)C[C@@H](Cc3ccc4ccccc4c3)NC(=O)OC(C)(C)C)C2)nc2ccc(C(=O)OC)cc21.COCCCn1c(C2CCCN(C(=O)C[C@H](N)Cc3ccc4ccccc4c3)C2)nc2ccc(C(=O)OC)cc21. The van der Waals surface area contributed by atoms with Gasteiger partial charge < -0.3 is 53.7 Å². The zero-order valence-electron chi connectivity index (χ0n) is 51.4. The molecule has 0 spiro atoms. The molecule has 18 nitrogen and oxygen atoms in total. The largest absolute Gasteiger partial charge is 0.465 e. The third-order valence-electron chi connectivity index (χ3n) is 16.3. The number of hydrogen-bond donors (Lipinski definition) is 2. The monoisotopic (exact) mass is 1180 g/mol. The summed E-state index contributed by atoms with van der Waals surface area (Å²) in [5, 5.41) is 7.61. The van der Waals surface area contributed by atoms with Gasteiger partial charge >= 0.3 is 18.0 Å². The van der Waals surface area contributed by atoms with Crippen LogP contribution in [-0.4, -0.2) is 144 Å². The average molecular weight is 1190 g/mol. The summed E-state index contributed by atoms with van der Waals surface area (Å²) in [6, 6.07) is 39.2. The van der Waals surface area contributed by atoms with E-state index < -0.39 is 23.7 Å². The molecule has 2 unspecified atom stereocenters. The first-order valence-electron chi connectivity index (χ1n) is 30.4. The van der Waals surface area contributed by atoms with Crippen LogP contribution in [0.5, 0.6) is 0 Å². The predicted molar refractivity (Wildman–Crippen MR) is 338 cm³/mol. The number of carbonyl (C=O) groups excluding carboxylic acids is 5. The number of likely N-dealkylation sites (tertiary alicyclic amines) is 2. The molecule has 3 N–H and O–H groups in total. The minimum atomic E-state index is -0.659. The second-order valence-electron chi connectivity index (χ2n) is 24.0. The number of aromatic nitrogens is 4. The Morgan fingerprint density at radius 3 is 1.51 bits per heavy atom. The van der Waals surface area contributed by atoms with Gasteiger partial charge in [-0.15, -0.1) is 0 Å². The Bertz CT molecular complexity index is 3700. The zero-order valence-corrected chi connectivity index (χ0v) is 51.4. The molecule has 4 atom stereocenters. The summed E-state index contributed by atoms with van der Waals surface area (Å²) in [6.45, 7) is 10.6. The van der Waals surface area contributed by atoms with Gasteiger partial charge in [0.15, 0.2) is 0 Å². The highest BCUT2D eigenvalue weighted by atomic mass is 16.6. The average Bonchev–Trinajstić information content (AvgIpc) is 1.88. The molecule has 0 saturated carbocycles. The molecule has 2 saturated heterocycles. The maximum Gasteiger partial charge on any atom is 0.407 e. The van der Waals surface area contributed by atoms with Crippen LogP contribution in [0.25, 0.3) is 43.6 Å². The molecule has 2 aliphatic heterocycles. The molecule has 87 heavy (non-hydrogen) atoms. The molecule has 2 fully saturated rings. The summed E-state index contributed by atoms with van der Waals surface area (Å²) in [5.74, 6) is 1.27. The Hall–Kier alpha value is -8.19. The van der Waals surface area contributed by atoms with Gasteiger partial charge in [-0.2, -0.15) is 0 Å². The number of ether oxygens (including phenoxy) is 5. The lowest BCUT2D eigenvalue weighted by molar-refractivity contribution is -0.133. The molecule has 2 aromatic heterocycles. The first-order valence-corrected chi connectivity index (χ1v) is 30.4. The van der Waals surface area contributed by atoms with Crippen molar-refractivity contribution in [2.75, 3.05) is 67.8 Å². The number of nitrogens with zero attached hydrogens (tertiary/aromatic N) is 6. The lowest BCUT2D eigenvalue weighted by Crippen LogP contribution is -2.46. The van der Waals surface area contributed by atoms with Crippen LogP contribution >= 0.6 is 0 Å². The fraction of sp³-hybridized carbons (Fsp3) is 0.435. The highest BCUT2D eigenvalue weighted by Gasteiger charge is 2.33. The molecule has 0 aliphatic carbocycles. The smallest absolute Gasteiger partial charge is 0.407 e. The van der Waals surface area contributed by atoms with Crippen LogP contribution in [0.3, 0.4) is 0 Å². The fourth-order valence-corrected chi connectivity index (χ4v) is 12.2. The van der Waals surface area contributed by atoms with E-state index in [0.29, 0.717) is 76.3 Å². The molecule has 0 bridgehead atoms. The molecule has 0 radical (unpaired) electrons. The van der Waals surface area contributed by atoms with Crippen LogP contribution in [0.2, 0.25) is 0 Å². The number of methoxy groups -OCH3 is 4. The number of hydrogen-bond acceptors (Lipinski definition) is 13. The molecule has 8 aromatic rings. The van der Waals surface area contributed by atoms with E-state index in [1.54, 1.807) is 26.4 Å². The van der Waals surface area contributed by atoms with Gasteiger partial charge in [0, 0.05) is 103 Å². The van der Waals surface area contributed by atoms with E-state index in [-0.39, 0.29) is 42.1 Å². The van der Waals surface area contributed by atoms with Gasteiger partial charge in [-0.1, -0.05) is 84.9 Å². The topological polar surface area (TPSA) is 212 Å².